The van der Waals surface area contributed by atoms with Gasteiger partial charge in [-0.05, 0) is 30.2 Å². The van der Waals surface area contributed by atoms with E-state index in [0.29, 0.717) is 35.7 Å². The van der Waals surface area contributed by atoms with E-state index in [1.807, 2.05) is 11.9 Å². The summed E-state index contributed by atoms with van der Waals surface area (Å²) in [5.41, 5.74) is 0.661. The number of aromatic nitrogens is 1. The van der Waals surface area contributed by atoms with E-state index in [2.05, 4.69) is 9.80 Å². The predicted molar refractivity (Wildman–Crippen MR) is 97.8 cm³/mol. The molecule has 146 valence electrons. The van der Waals surface area contributed by atoms with Gasteiger partial charge >= 0.3 is 5.97 Å². The molecule has 2 saturated heterocycles. The lowest BCUT2D eigenvalue weighted by atomic mass is 9.97. The van der Waals surface area contributed by atoms with Gasteiger partial charge in [0.2, 0.25) is 0 Å². The van der Waals surface area contributed by atoms with Crippen molar-refractivity contribution in [3.8, 4) is 0 Å². The van der Waals surface area contributed by atoms with Gasteiger partial charge in [-0.15, -0.1) is 0 Å². The minimum absolute atomic E-state index is 0.0887. The number of carboxylic acid groups (broad SMARTS) is 1. The van der Waals surface area contributed by atoms with Gasteiger partial charge < -0.3 is 19.8 Å². The van der Waals surface area contributed by atoms with Crippen molar-refractivity contribution in [1.82, 2.24) is 4.98 Å². The van der Waals surface area contributed by atoms with Crippen LogP contribution in [0.2, 0.25) is 0 Å². The van der Waals surface area contributed by atoms with Crippen LogP contribution < -0.4 is 14.7 Å². The number of alkyl halides is 2. The van der Waals surface area contributed by atoms with E-state index in [9.17, 15) is 13.6 Å². The van der Waals surface area contributed by atoms with Gasteiger partial charge in [0.05, 0.1) is 11.3 Å². The molecule has 1 aromatic heterocycles. The van der Waals surface area contributed by atoms with Crippen LogP contribution in [0.25, 0.3) is 0 Å². The zero-order valence-electron chi connectivity index (χ0n) is 15.4. The number of rotatable bonds is 4. The Hall–Kier alpha value is -2.12. The minimum Gasteiger partial charge on any atom is -0.481 e. The third kappa shape index (κ3) is 2.63. The van der Waals surface area contributed by atoms with Gasteiger partial charge in [-0.2, -0.15) is 0 Å². The molecule has 1 aliphatic carbocycles. The molecule has 0 bridgehead atoms. The molecule has 3 fully saturated rings. The van der Waals surface area contributed by atoms with Gasteiger partial charge in [0, 0.05) is 52.6 Å². The van der Waals surface area contributed by atoms with Crippen LogP contribution in [0, 0.1) is 17.8 Å². The van der Waals surface area contributed by atoms with E-state index < -0.39 is 11.9 Å². The summed E-state index contributed by atoms with van der Waals surface area (Å²) in [5.74, 6) is -1.35. The summed E-state index contributed by atoms with van der Waals surface area (Å²) in [6.07, 6.45) is 1.10. The van der Waals surface area contributed by atoms with Gasteiger partial charge in [0.15, 0.2) is 5.82 Å². The molecule has 0 aromatic carbocycles. The lowest BCUT2D eigenvalue weighted by molar-refractivity contribution is -0.137. The molecular weight excluding hydrogens is 354 g/mol. The predicted octanol–water partition coefficient (Wildman–Crippen LogP) is 2.38. The minimum atomic E-state index is -2.84. The number of halogens is 2. The molecule has 5 rings (SSSR count). The first-order valence-corrected chi connectivity index (χ1v) is 9.71. The maximum atomic E-state index is 14.7. The highest BCUT2D eigenvalue weighted by Gasteiger charge is 2.56. The van der Waals surface area contributed by atoms with Crippen molar-refractivity contribution in [3.63, 3.8) is 0 Å². The van der Waals surface area contributed by atoms with Crippen molar-refractivity contribution in [2.45, 2.75) is 25.2 Å². The zero-order chi connectivity index (χ0) is 18.9. The number of nitrogens with zero attached hydrogens (tertiary/aromatic N) is 4. The summed E-state index contributed by atoms with van der Waals surface area (Å²) in [4.78, 5) is 21.8. The van der Waals surface area contributed by atoms with Crippen LogP contribution in [-0.4, -0.2) is 55.8 Å². The van der Waals surface area contributed by atoms with Crippen LogP contribution in [-0.2, 0) is 10.7 Å². The maximum Gasteiger partial charge on any atom is 0.303 e. The second kappa shape index (κ2) is 5.69. The van der Waals surface area contributed by atoms with Crippen LogP contribution in [0.1, 0.15) is 24.8 Å². The topological polar surface area (TPSA) is 59.9 Å². The van der Waals surface area contributed by atoms with E-state index in [4.69, 9.17) is 10.1 Å². The normalized spacial score (nSPS) is 30.6. The Morgan fingerprint density at radius 3 is 2.56 bits per heavy atom. The molecular formula is C19H24F2N4O2. The molecule has 27 heavy (non-hydrogen) atoms. The van der Waals surface area contributed by atoms with Crippen LogP contribution in [0.3, 0.4) is 0 Å². The summed E-state index contributed by atoms with van der Waals surface area (Å²) >= 11 is 0. The van der Waals surface area contributed by atoms with Gasteiger partial charge in [-0.25, -0.2) is 13.8 Å². The first-order chi connectivity index (χ1) is 12.8. The fraction of sp³-hybridized carbons (Fsp3) is 0.684. The molecule has 1 aromatic rings. The first kappa shape index (κ1) is 17.0. The second-order valence-electron chi connectivity index (χ2n) is 8.41. The summed E-state index contributed by atoms with van der Waals surface area (Å²) in [5, 5.41) is 8.99. The molecule has 6 nitrogen and oxygen atoms in total. The number of piperidine rings is 1. The molecule has 0 spiro atoms. The van der Waals surface area contributed by atoms with Crippen molar-refractivity contribution in [2.75, 3.05) is 54.5 Å². The molecule has 0 unspecified atom stereocenters. The third-order valence-electron chi connectivity index (χ3n) is 6.76. The van der Waals surface area contributed by atoms with Crippen LogP contribution in [0.15, 0.2) is 6.07 Å². The molecule has 1 N–H and O–H groups in total. The molecule has 3 aliphatic heterocycles. The third-order valence-corrected chi connectivity index (χ3v) is 6.76. The van der Waals surface area contributed by atoms with E-state index in [1.165, 1.54) is 0 Å². The van der Waals surface area contributed by atoms with Crippen molar-refractivity contribution in [1.29, 1.82) is 0 Å². The van der Waals surface area contributed by atoms with E-state index >= 15 is 0 Å². The Kier molecular flexibility index (Phi) is 3.58. The molecule has 8 heteroatoms. The number of anilines is 3. The fourth-order valence-corrected chi connectivity index (χ4v) is 4.97. The Balaban J connectivity index is 1.47. The van der Waals surface area contributed by atoms with Crippen molar-refractivity contribution < 1.29 is 18.7 Å². The smallest absolute Gasteiger partial charge is 0.303 e. The Morgan fingerprint density at radius 1 is 1.26 bits per heavy atom. The van der Waals surface area contributed by atoms with Crippen LogP contribution in [0.5, 0.6) is 0 Å². The standard InChI is InChI=1S/C19H24F2N4O2/c1-23-6-3-19(20,21)14-8-15(22-18(17(14)23)24-4-2-5-24)25-9-12-11(7-16(26)27)13(12)10-25/h8,11-13H,2-7,9-10H2,1H3,(H,26,27)/t11-,12-,13+. The number of pyridine rings is 1. The molecule has 4 heterocycles. The van der Waals surface area contributed by atoms with E-state index in [-0.39, 0.29) is 24.3 Å². The van der Waals surface area contributed by atoms with Gasteiger partial charge in [-0.3, -0.25) is 4.79 Å². The Morgan fingerprint density at radius 2 is 1.96 bits per heavy atom. The largest absolute Gasteiger partial charge is 0.481 e. The number of aliphatic carboxylic acids is 1. The number of hydrogen-bond acceptors (Lipinski definition) is 5. The van der Waals surface area contributed by atoms with E-state index in [1.54, 1.807) is 6.07 Å². The molecule has 0 amide bonds. The summed E-state index contributed by atoms with van der Waals surface area (Å²) in [7, 11) is 1.86. The van der Waals surface area contributed by atoms with Crippen LogP contribution in [0.4, 0.5) is 26.1 Å². The highest BCUT2D eigenvalue weighted by molar-refractivity contribution is 5.77. The zero-order valence-corrected chi connectivity index (χ0v) is 15.4. The molecule has 3 atom stereocenters. The fourth-order valence-electron chi connectivity index (χ4n) is 4.97. The van der Waals surface area contributed by atoms with Crippen molar-refractivity contribution in [2.24, 2.45) is 17.8 Å². The SMILES string of the molecule is CN1CCC(F)(F)c2cc(N3C[C@@H]4[C@@H](CC(=O)O)[C@@H]4C3)nc(N3CCC3)c21. The highest BCUT2D eigenvalue weighted by atomic mass is 19.3. The lowest BCUT2D eigenvalue weighted by Gasteiger charge is -2.40. The average molecular weight is 378 g/mol. The second-order valence-corrected chi connectivity index (χ2v) is 8.41. The number of fused-ring (bicyclic) bond motifs is 2. The van der Waals surface area contributed by atoms with Gasteiger partial charge in [-0.1, -0.05) is 0 Å². The first-order valence-electron chi connectivity index (χ1n) is 9.71. The number of carboxylic acids is 1. The van der Waals surface area contributed by atoms with Gasteiger partial charge in [0.1, 0.15) is 5.82 Å². The maximum absolute atomic E-state index is 14.7. The summed E-state index contributed by atoms with van der Waals surface area (Å²) in [6, 6.07) is 1.57. The highest BCUT2D eigenvalue weighted by Crippen LogP contribution is 2.55. The van der Waals surface area contributed by atoms with Crippen LogP contribution >= 0.6 is 0 Å². The quantitative estimate of drug-likeness (QED) is 0.868. The Bertz CT molecular complexity index is 786. The lowest BCUT2D eigenvalue weighted by Crippen LogP contribution is -2.42. The van der Waals surface area contributed by atoms with Crippen molar-refractivity contribution in [3.05, 3.63) is 11.6 Å². The Labute approximate surface area is 156 Å². The van der Waals surface area contributed by atoms with Gasteiger partial charge in [0.25, 0.3) is 5.92 Å². The molecule has 0 radical (unpaired) electrons. The average Bonchev–Trinajstić information content (AvgIpc) is 3.00. The number of hydrogen-bond donors (Lipinski definition) is 1. The summed E-state index contributed by atoms with van der Waals surface area (Å²) < 4.78 is 29.5. The monoisotopic (exact) mass is 378 g/mol. The van der Waals surface area contributed by atoms with Crippen molar-refractivity contribution >= 4 is 23.3 Å². The van der Waals surface area contributed by atoms with E-state index in [0.717, 1.165) is 32.6 Å². The number of carbonyl (C=O) groups is 1. The molecule has 1 saturated carbocycles. The molecule has 4 aliphatic rings. The summed E-state index contributed by atoms with van der Waals surface area (Å²) in [6.45, 7) is 3.47.